The lowest BCUT2D eigenvalue weighted by molar-refractivity contribution is -0.152. The van der Waals surface area contributed by atoms with Crippen LogP contribution in [0.4, 0.5) is 0 Å². The van der Waals surface area contributed by atoms with E-state index in [1.165, 1.54) is 26.3 Å². The summed E-state index contributed by atoms with van der Waals surface area (Å²) in [6, 6.07) is -0.207. The number of hydrogen-bond acceptors (Lipinski definition) is 7. The number of esters is 3. The van der Waals surface area contributed by atoms with Crippen LogP contribution in [0.15, 0.2) is 11.6 Å². The van der Waals surface area contributed by atoms with Gasteiger partial charge in [0.15, 0.2) is 0 Å². The van der Waals surface area contributed by atoms with Crippen LogP contribution in [-0.4, -0.2) is 48.7 Å². The van der Waals surface area contributed by atoms with Crippen molar-refractivity contribution in [1.82, 2.24) is 5.32 Å². The molecule has 1 amide bonds. The maximum Gasteiger partial charge on any atom is 0.306 e. The topological polar surface area (TPSA) is 108 Å². The predicted octanol–water partition coefficient (Wildman–Crippen LogP) is 4.89. The Morgan fingerprint density at radius 3 is 2.44 bits per heavy atom. The Balaban J connectivity index is 1.47. The molecule has 8 nitrogen and oxygen atoms in total. The molecule has 3 fully saturated rings. The quantitative estimate of drug-likeness (QED) is 0.263. The van der Waals surface area contributed by atoms with Gasteiger partial charge in [-0.25, -0.2) is 0 Å². The molecular formula is C31H47NO7. The Hall–Kier alpha value is -2.38. The molecule has 0 spiro atoms. The molecule has 0 aromatic heterocycles. The first-order chi connectivity index (χ1) is 18.3. The van der Waals surface area contributed by atoms with E-state index in [-0.39, 0.29) is 65.2 Å². The summed E-state index contributed by atoms with van der Waals surface area (Å²) in [6.07, 6.45) is 9.38. The van der Waals surface area contributed by atoms with E-state index in [1.54, 1.807) is 0 Å². The number of rotatable bonds is 8. The minimum absolute atomic E-state index is 0.0246. The van der Waals surface area contributed by atoms with Gasteiger partial charge in [-0.2, -0.15) is 0 Å². The van der Waals surface area contributed by atoms with Gasteiger partial charge < -0.3 is 19.5 Å². The van der Waals surface area contributed by atoms with Crippen molar-refractivity contribution in [2.75, 3.05) is 6.61 Å². The van der Waals surface area contributed by atoms with Gasteiger partial charge in [0.25, 0.3) is 0 Å². The fourth-order valence-corrected chi connectivity index (χ4v) is 8.48. The molecule has 8 heteroatoms. The Labute approximate surface area is 233 Å². The number of ether oxygens (including phenoxy) is 3. The molecule has 9 atom stereocenters. The number of fused-ring (bicyclic) bond motifs is 5. The van der Waals surface area contributed by atoms with Crippen molar-refractivity contribution in [1.29, 1.82) is 0 Å². The lowest BCUT2D eigenvalue weighted by atomic mass is 9.48. The highest BCUT2D eigenvalue weighted by Crippen LogP contribution is 2.65. The van der Waals surface area contributed by atoms with Crippen molar-refractivity contribution in [3.05, 3.63) is 11.6 Å². The van der Waals surface area contributed by atoms with E-state index >= 15 is 0 Å². The Morgan fingerprint density at radius 2 is 1.77 bits per heavy atom. The normalized spacial score (nSPS) is 37.7. The van der Waals surface area contributed by atoms with E-state index in [0.29, 0.717) is 30.8 Å². The molecule has 1 N–H and O–H groups in total. The maximum absolute atomic E-state index is 12.9. The first-order valence-corrected chi connectivity index (χ1v) is 14.8. The average molecular weight is 546 g/mol. The zero-order valence-electron chi connectivity index (χ0n) is 24.5. The van der Waals surface area contributed by atoms with Crippen molar-refractivity contribution in [2.24, 2.45) is 34.5 Å². The number of amides is 1. The summed E-state index contributed by atoms with van der Waals surface area (Å²) in [6.45, 7) is 11.3. The first-order valence-electron chi connectivity index (χ1n) is 14.8. The van der Waals surface area contributed by atoms with E-state index in [9.17, 15) is 19.2 Å². The largest absolute Gasteiger partial charge is 0.466 e. The van der Waals surface area contributed by atoms with Gasteiger partial charge in [-0.3, -0.25) is 19.2 Å². The van der Waals surface area contributed by atoms with E-state index in [1.807, 2.05) is 6.92 Å². The Morgan fingerprint density at radius 1 is 1.03 bits per heavy atom. The molecule has 4 rings (SSSR count). The molecule has 0 unspecified atom stereocenters. The zero-order valence-corrected chi connectivity index (χ0v) is 24.5. The molecule has 0 saturated heterocycles. The third-order valence-electron chi connectivity index (χ3n) is 10.5. The van der Waals surface area contributed by atoms with Gasteiger partial charge in [-0.05, 0) is 79.4 Å². The van der Waals surface area contributed by atoms with Gasteiger partial charge >= 0.3 is 17.9 Å². The van der Waals surface area contributed by atoms with Crippen molar-refractivity contribution in [2.45, 2.75) is 118 Å². The molecule has 39 heavy (non-hydrogen) atoms. The standard InChI is InChI=1S/C31H47NO7/c1-18(17-37-20(3)34)7-10-28(36)39-27-16-26-24-9-8-22-15-23(38-21(4)35)11-13-30(22,5)25(24)12-14-31(26,6)29(27)32-19(2)33/h8,18,23-27,29H,7,9-17H2,1-6H3,(H,32,33)/t18-,23+,24+,25-,26-,27-,29-,30-,31-/m0/s1. The highest BCUT2D eigenvalue weighted by molar-refractivity contribution is 5.74. The number of allylic oxidation sites excluding steroid dienone is 1. The zero-order chi connectivity index (χ0) is 28.5. The van der Waals surface area contributed by atoms with Gasteiger partial charge in [0.1, 0.15) is 12.2 Å². The van der Waals surface area contributed by atoms with E-state index in [0.717, 1.165) is 44.9 Å². The van der Waals surface area contributed by atoms with Gasteiger partial charge in [-0.15, -0.1) is 0 Å². The molecule has 218 valence electrons. The fourth-order valence-electron chi connectivity index (χ4n) is 8.48. The molecule has 0 aromatic carbocycles. The first kappa shape index (κ1) is 29.6. The van der Waals surface area contributed by atoms with Crippen LogP contribution in [0.25, 0.3) is 0 Å². The second-order valence-electron chi connectivity index (χ2n) is 13.2. The summed E-state index contributed by atoms with van der Waals surface area (Å²) < 4.78 is 16.7. The van der Waals surface area contributed by atoms with Crippen molar-refractivity contribution in [3.8, 4) is 0 Å². The Kier molecular flexibility index (Phi) is 8.82. The number of carbonyl (C=O) groups is 4. The van der Waals surface area contributed by atoms with Crippen LogP contribution in [0, 0.1) is 34.5 Å². The summed E-state index contributed by atoms with van der Waals surface area (Å²) in [5.74, 6) is 0.521. The van der Waals surface area contributed by atoms with Crippen LogP contribution in [-0.2, 0) is 33.4 Å². The number of nitrogens with one attached hydrogen (secondary N) is 1. The molecule has 0 radical (unpaired) electrons. The van der Waals surface area contributed by atoms with Gasteiger partial charge in [0.2, 0.25) is 5.91 Å². The summed E-state index contributed by atoms with van der Waals surface area (Å²) >= 11 is 0. The summed E-state index contributed by atoms with van der Waals surface area (Å²) in [7, 11) is 0. The molecule has 0 aliphatic heterocycles. The lowest BCUT2D eigenvalue weighted by Crippen LogP contribution is -2.55. The second kappa shape index (κ2) is 11.6. The van der Waals surface area contributed by atoms with E-state index < -0.39 is 0 Å². The fraction of sp³-hybridized carbons (Fsp3) is 0.806. The predicted molar refractivity (Wildman–Crippen MR) is 145 cm³/mol. The molecule has 4 aliphatic rings. The maximum atomic E-state index is 12.9. The summed E-state index contributed by atoms with van der Waals surface area (Å²) in [5.41, 5.74) is 1.39. The van der Waals surface area contributed by atoms with Crippen LogP contribution < -0.4 is 5.32 Å². The molecule has 0 bridgehead atoms. The van der Waals surface area contributed by atoms with Crippen molar-refractivity contribution < 1.29 is 33.4 Å². The van der Waals surface area contributed by atoms with E-state index in [4.69, 9.17) is 14.2 Å². The van der Waals surface area contributed by atoms with Gasteiger partial charge in [-0.1, -0.05) is 32.4 Å². The summed E-state index contributed by atoms with van der Waals surface area (Å²) in [4.78, 5) is 47.8. The molecule has 0 aromatic rings. The third kappa shape index (κ3) is 6.19. The SMILES string of the molecule is CC(=O)N[C@H]1[C@@H](OC(=O)CC[C@H](C)COC(C)=O)C[C@H]2[C@@H]3CC=C4C[C@H](OC(C)=O)CC[C@]4(C)[C@H]3CC[C@@]21C. The molecule has 0 heterocycles. The Bertz CT molecular complexity index is 1010. The third-order valence-corrected chi connectivity index (χ3v) is 10.5. The van der Waals surface area contributed by atoms with Crippen LogP contribution in [0.5, 0.6) is 0 Å². The average Bonchev–Trinajstić information content (AvgIpc) is 3.12. The second-order valence-corrected chi connectivity index (χ2v) is 13.2. The number of carbonyl (C=O) groups excluding carboxylic acids is 4. The highest BCUT2D eigenvalue weighted by atomic mass is 16.5. The smallest absolute Gasteiger partial charge is 0.306 e. The van der Waals surface area contributed by atoms with Crippen molar-refractivity contribution in [3.63, 3.8) is 0 Å². The van der Waals surface area contributed by atoms with Crippen molar-refractivity contribution >= 4 is 23.8 Å². The lowest BCUT2D eigenvalue weighted by Gasteiger charge is -2.57. The minimum atomic E-state index is -0.350. The molecular weight excluding hydrogens is 498 g/mol. The monoisotopic (exact) mass is 545 g/mol. The van der Waals surface area contributed by atoms with Gasteiger partial charge in [0, 0.05) is 33.6 Å². The van der Waals surface area contributed by atoms with Gasteiger partial charge in [0.05, 0.1) is 12.6 Å². The molecule has 3 saturated carbocycles. The minimum Gasteiger partial charge on any atom is -0.466 e. The van der Waals surface area contributed by atoms with Crippen LogP contribution in [0.3, 0.4) is 0 Å². The summed E-state index contributed by atoms with van der Waals surface area (Å²) in [5, 5.41) is 3.18. The molecule has 4 aliphatic carbocycles. The highest BCUT2D eigenvalue weighted by Gasteiger charge is 2.62. The van der Waals surface area contributed by atoms with Crippen LogP contribution in [0.2, 0.25) is 0 Å². The number of hydrogen-bond donors (Lipinski definition) is 1. The van der Waals surface area contributed by atoms with Crippen LogP contribution >= 0.6 is 0 Å². The van der Waals surface area contributed by atoms with Crippen LogP contribution in [0.1, 0.15) is 99.3 Å². The van der Waals surface area contributed by atoms with E-state index in [2.05, 4.69) is 25.2 Å².